The van der Waals surface area contributed by atoms with Crippen LogP contribution in [0.3, 0.4) is 0 Å². The number of aliphatic hydroxyl groups is 2. The number of hydrogen-bond donors (Lipinski definition) is 3. The molecule has 1 aromatic carbocycles. The van der Waals surface area contributed by atoms with Gasteiger partial charge in [0.1, 0.15) is 18.1 Å². The molecule has 3 heterocycles. The lowest BCUT2D eigenvalue weighted by molar-refractivity contribution is -0.0287. The quantitative estimate of drug-likeness (QED) is 0.649. The van der Waals surface area contributed by atoms with Crippen molar-refractivity contribution in [2.75, 3.05) is 13.1 Å². The van der Waals surface area contributed by atoms with Crippen LogP contribution >= 0.6 is 0 Å². The predicted octanol–water partition coefficient (Wildman–Crippen LogP) is 2.07. The van der Waals surface area contributed by atoms with Crippen LogP contribution in [-0.4, -0.2) is 61.9 Å². The predicted molar refractivity (Wildman–Crippen MR) is 119 cm³/mol. The smallest absolute Gasteiger partial charge is 0.410 e. The Balaban J connectivity index is 1.48. The SMILES string of the molecule is CC(C)(C)OC(=O)N1CCC(c2ccc3c(=O)n(C4CCC(O)NC4O)cnc3c2)CC1. The van der Waals surface area contributed by atoms with E-state index >= 15 is 0 Å². The zero-order chi connectivity index (χ0) is 23.0. The highest BCUT2D eigenvalue weighted by atomic mass is 16.6. The van der Waals surface area contributed by atoms with Crippen LogP contribution in [-0.2, 0) is 4.74 Å². The highest BCUT2D eigenvalue weighted by molar-refractivity contribution is 5.78. The Hall–Kier alpha value is -2.49. The van der Waals surface area contributed by atoms with Crippen LogP contribution in [0.1, 0.15) is 64.0 Å². The van der Waals surface area contributed by atoms with Crippen molar-refractivity contribution in [3.8, 4) is 0 Å². The van der Waals surface area contributed by atoms with E-state index in [1.807, 2.05) is 32.9 Å². The van der Waals surface area contributed by atoms with E-state index in [4.69, 9.17) is 4.74 Å². The molecule has 1 amide bonds. The molecule has 2 aliphatic heterocycles. The Bertz CT molecular complexity index is 1040. The highest BCUT2D eigenvalue weighted by Gasteiger charge is 2.30. The molecule has 1 aromatic heterocycles. The standard InChI is InChI=1S/C23H32N4O5/c1-23(2,3)32-22(31)26-10-8-14(9-11-26)15-4-5-16-17(12-15)24-13-27(21(16)30)18-6-7-19(28)25-20(18)29/h4-5,12-14,18-20,25,28-29H,6-11H2,1-3H3. The number of rotatable bonds is 2. The number of fused-ring (bicyclic) bond motifs is 1. The minimum Gasteiger partial charge on any atom is -0.444 e. The van der Waals surface area contributed by atoms with Crippen LogP contribution in [0.4, 0.5) is 4.79 Å². The lowest BCUT2D eigenvalue weighted by Crippen LogP contribution is -2.49. The van der Waals surface area contributed by atoms with Gasteiger partial charge in [0.2, 0.25) is 0 Å². The van der Waals surface area contributed by atoms with Crippen molar-refractivity contribution < 1.29 is 19.7 Å². The fourth-order valence-corrected chi connectivity index (χ4v) is 4.53. The van der Waals surface area contributed by atoms with Gasteiger partial charge in [-0.15, -0.1) is 0 Å². The third-order valence-electron chi connectivity index (χ3n) is 6.25. The molecule has 4 rings (SSSR count). The molecule has 174 valence electrons. The van der Waals surface area contributed by atoms with Gasteiger partial charge >= 0.3 is 6.09 Å². The third kappa shape index (κ3) is 4.79. The average molecular weight is 445 g/mol. The molecule has 0 spiro atoms. The number of aliphatic hydroxyl groups excluding tert-OH is 2. The van der Waals surface area contributed by atoms with Gasteiger partial charge in [-0.25, -0.2) is 9.78 Å². The maximum absolute atomic E-state index is 13.0. The van der Waals surface area contributed by atoms with Crippen molar-refractivity contribution >= 4 is 17.0 Å². The van der Waals surface area contributed by atoms with Gasteiger partial charge in [0.25, 0.3) is 5.56 Å². The number of likely N-dealkylation sites (tertiary alicyclic amines) is 1. The number of amides is 1. The maximum Gasteiger partial charge on any atom is 0.410 e. The first-order valence-corrected chi connectivity index (χ1v) is 11.2. The Labute approximate surface area is 187 Å². The summed E-state index contributed by atoms with van der Waals surface area (Å²) in [5.41, 5.74) is 1.02. The number of hydrogen-bond acceptors (Lipinski definition) is 7. The molecule has 3 N–H and O–H groups in total. The second-order valence-corrected chi connectivity index (χ2v) is 9.75. The number of ether oxygens (including phenoxy) is 1. The minimum absolute atomic E-state index is 0.205. The van der Waals surface area contributed by atoms with Crippen LogP contribution in [0.15, 0.2) is 29.3 Å². The molecule has 0 saturated carbocycles. The summed E-state index contributed by atoms with van der Waals surface area (Å²) in [5.74, 6) is 0.285. The van der Waals surface area contributed by atoms with E-state index in [-0.39, 0.29) is 17.6 Å². The van der Waals surface area contributed by atoms with Gasteiger partial charge < -0.3 is 19.8 Å². The first-order chi connectivity index (χ1) is 15.1. The summed E-state index contributed by atoms with van der Waals surface area (Å²) < 4.78 is 6.92. The molecule has 2 aromatic rings. The molecule has 0 bridgehead atoms. The monoisotopic (exact) mass is 444 g/mol. The van der Waals surface area contributed by atoms with Crippen molar-refractivity contribution in [3.05, 3.63) is 40.4 Å². The van der Waals surface area contributed by atoms with E-state index < -0.39 is 24.1 Å². The van der Waals surface area contributed by atoms with Crippen molar-refractivity contribution in [3.63, 3.8) is 0 Å². The molecule has 2 fully saturated rings. The number of nitrogens with one attached hydrogen (secondary N) is 1. The Morgan fingerprint density at radius 1 is 1.16 bits per heavy atom. The lowest BCUT2D eigenvalue weighted by Gasteiger charge is -2.34. The van der Waals surface area contributed by atoms with E-state index in [2.05, 4.69) is 10.3 Å². The Morgan fingerprint density at radius 3 is 2.53 bits per heavy atom. The van der Waals surface area contributed by atoms with Crippen LogP contribution in [0.5, 0.6) is 0 Å². The molecule has 0 aliphatic carbocycles. The van der Waals surface area contributed by atoms with Crippen molar-refractivity contribution in [1.29, 1.82) is 0 Å². The average Bonchev–Trinajstić information content (AvgIpc) is 2.73. The number of carbonyl (C=O) groups excluding carboxylic acids is 1. The van der Waals surface area contributed by atoms with E-state index in [1.165, 1.54) is 10.9 Å². The molecule has 9 heteroatoms. The Morgan fingerprint density at radius 2 is 1.88 bits per heavy atom. The van der Waals surface area contributed by atoms with Crippen LogP contribution in [0.2, 0.25) is 0 Å². The second-order valence-electron chi connectivity index (χ2n) is 9.75. The first kappa shape index (κ1) is 22.7. The summed E-state index contributed by atoms with van der Waals surface area (Å²) >= 11 is 0. The molecule has 3 atom stereocenters. The Kier molecular flexibility index (Phi) is 6.24. The number of carbonyl (C=O) groups is 1. The van der Waals surface area contributed by atoms with Gasteiger partial charge in [-0.05, 0) is 70.1 Å². The van der Waals surface area contributed by atoms with Crippen molar-refractivity contribution in [1.82, 2.24) is 19.8 Å². The topological polar surface area (TPSA) is 117 Å². The number of benzene rings is 1. The maximum atomic E-state index is 13.0. The first-order valence-electron chi connectivity index (χ1n) is 11.2. The molecular weight excluding hydrogens is 412 g/mol. The summed E-state index contributed by atoms with van der Waals surface area (Å²) in [5, 5.41) is 23.0. The largest absolute Gasteiger partial charge is 0.444 e. The van der Waals surface area contributed by atoms with Gasteiger partial charge in [0, 0.05) is 13.1 Å². The van der Waals surface area contributed by atoms with Crippen LogP contribution < -0.4 is 10.9 Å². The van der Waals surface area contributed by atoms with Gasteiger partial charge in [-0.3, -0.25) is 14.7 Å². The lowest BCUT2D eigenvalue weighted by atomic mass is 9.89. The molecule has 2 aliphatic rings. The minimum atomic E-state index is -1.01. The number of aromatic nitrogens is 2. The molecule has 32 heavy (non-hydrogen) atoms. The third-order valence-corrected chi connectivity index (χ3v) is 6.25. The number of nitrogens with zero attached hydrogens (tertiary/aromatic N) is 3. The molecule has 9 nitrogen and oxygen atoms in total. The van der Waals surface area contributed by atoms with Crippen LogP contribution in [0.25, 0.3) is 10.9 Å². The zero-order valence-electron chi connectivity index (χ0n) is 18.8. The van der Waals surface area contributed by atoms with Gasteiger partial charge in [0.05, 0.1) is 23.3 Å². The molecule has 3 unspecified atom stereocenters. The highest BCUT2D eigenvalue weighted by Crippen LogP contribution is 2.30. The fourth-order valence-electron chi connectivity index (χ4n) is 4.53. The molecular formula is C23H32N4O5. The summed E-state index contributed by atoms with van der Waals surface area (Å²) in [6.07, 6.45) is 2.01. The summed E-state index contributed by atoms with van der Waals surface area (Å²) in [4.78, 5) is 31.6. The normalized spacial score (nSPS) is 25.2. The van der Waals surface area contributed by atoms with Gasteiger partial charge in [-0.1, -0.05) is 6.07 Å². The molecule has 2 saturated heterocycles. The van der Waals surface area contributed by atoms with E-state index in [9.17, 15) is 19.8 Å². The van der Waals surface area contributed by atoms with Gasteiger partial charge in [0.15, 0.2) is 0 Å². The summed E-state index contributed by atoms with van der Waals surface area (Å²) in [7, 11) is 0. The molecule has 0 radical (unpaired) electrons. The zero-order valence-corrected chi connectivity index (χ0v) is 18.8. The van der Waals surface area contributed by atoms with Crippen molar-refractivity contribution in [2.24, 2.45) is 0 Å². The van der Waals surface area contributed by atoms with E-state index in [0.717, 1.165) is 18.4 Å². The number of piperidine rings is 2. The van der Waals surface area contributed by atoms with E-state index in [0.29, 0.717) is 36.8 Å². The van der Waals surface area contributed by atoms with Gasteiger partial charge in [-0.2, -0.15) is 0 Å². The summed E-state index contributed by atoms with van der Waals surface area (Å²) in [6, 6.07) is 5.24. The van der Waals surface area contributed by atoms with E-state index in [1.54, 1.807) is 11.0 Å². The van der Waals surface area contributed by atoms with Crippen LogP contribution in [0, 0.1) is 0 Å². The fraction of sp³-hybridized carbons (Fsp3) is 0.609. The van der Waals surface area contributed by atoms with Crippen molar-refractivity contribution in [2.45, 2.75) is 76.5 Å². The summed E-state index contributed by atoms with van der Waals surface area (Å²) in [6.45, 7) is 6.85. The second kappa shape index (κ2) is 8.80.